The van der Waals surface area contributed by atoms with Crippen LogP contribution in [0.2, 0.25) is 0 Å². The number of amides is 1. The van der Waals surface area contributed by atoms with Gasteiger partial charge < -0.3 is 5.32 Å². The zero-order chi connectivity index (χ0) is 17.1. The van der Waals surface area contributed by atoms with E-state index in [1.807, 2.05) is 24.4 Å². The first-order valence-electron chi connectivity index (χ1n) is 9.20. The quantitative estimate of drug-likeness (QED) is 0.868. The average Bonchev–Trinajstić information content (AvgIpc) is 3.38. The van der Waals surface area contributed by atoms with Gasteiger partial charge in [-0.2, -0.15) is 0 Å². The molecule has 1 N–H and O–H groups in total. The minimum Gasteiger partial charge on any atom is -0.345 e. The van der Waals surface area contributed by atoms with E-state index in [1.54, 1.807) is 0 Å². The van der Waals surface area contributed by atoms with Gasteiger partial charge in [0, 0.05) is 44.4 Å². The Morgan fingerprint density at radius 2 is 2.00 bits per heavy atom. The van der Waals surface area contributed by atoms with Gasteiger partial charge in [-0.05, 0) is 30.4 Å². The summed E-state index contributed by atoms with van der Waals surface area (Å²) >= 11 is 0. The van der Waals surface area contributed by atoms with Crippen LogP contribution in [0.25, 0.3) is 0 Å². The molecule has 1 aliphatic carbocycles. The van der Waals surface area contributed by atoms with Gasteiger partial charge in [0.15, 0.2) is 0 Å². The van der Waals surface area contributed by atoms with E-state index in [2.05, 4.69) is 45.6 Å². The summed E-state index contributed by atoms with van der Waals surface area (Å²) in [5.41, 5.74) is 2.28. The van der Waals surface area contributed by atoms with Gasteiger partial charge in [-0.1, -0.05) is 42.5 Å². The number of rotatable bonds is 6. The largest absolute Gasteiger partial charge is 0.345 e. The highest BCUT2D eigenvalue weighted by Crippen LogP contribution is 2.39. The second-order valence-corrected chi connectivity index (χ2v) is 7.43. The van der Waals surface area contributed by atoms with Crippen LogP contribution in [0.3, 0.4) is 0 Å². The SMILES string of the molecule is O=C(CC1CN(Cc2ccccc2)C1)NC1(C2=NC=CC=CC2)CC1. The number of hydrogen-bond donors (Lipinski definition) is 1. The minimum absolute atomic E-state index is 0.163. The average molecular weight is 335 g/mol. The van der Waals surface area contributed by atoms with Crippen molar-refractivity contribution in [3.05, 3.63) is 60.3 Å². The third kappa shape index (κ3) is 3.90. The van der Waals surface area contributed by atoms with Crippen molar-refractivity contribution in [1.82, 2.24) is 10.2 Å². The van der Waals surface area contributed by atoms with Gasteiger partial charge in [-0.25, -0.2) is 0 Å². The minimum atomic E-state index is -0.163. The fourth-order valence-electron chi connectivity index (χ4n) is 3.78. The summed E-state index contributed by atoms with van der Waals surface area (Å²) in [6.07, 6.45) is 11.4. The summed E-state index contributed by atoms with van der Waals surface area (Å²) in [7, 11) is 0. The van der Waals surface area contributed by atoms with E-state index in [0.29, 0.717) is 12.3 Å². The fraction of sp³-hybridized carbons (Fsp3) is 0.429. The highest BCUT2D eigenvalue weighted by Gasteiger charge is 2.48. The molecule has 0 aromatic heterocycles. The Balaban J connectivity index is 1.23. The Morgan fingerprint density at radius 3 is 2.76 bits per heavy atom. The molecule has 2 fully saturated rings. The molecule has 25 heavy (non-hydrogen) atoms. The van der Waals surface area contributed by atoms with Gasteiger partial charge in [-0.3, -0.25) is 14.7 Å². The van der Waals surface area contributed by atoms with E-state index in [1.165, 1.54) is 5.56 Å². The van der Waals surface area contributed by atoms with Gasteiger partial charge in [0.2, 0.25) is 5.91 Å². The van der Waals surface area contributed by atoms with Crippen LogP contribution in [0.4, 0.5) is 0 Å². The number of carbonyl (C=O) groups is 1. The molecule has 1 aromatic rings. The van der Waals surface area contributed by atoms with Crippen molar-refractivity contribution in [2.45, 2.75) is 37.8 Å². The van der Waals surface area contributed by atoms with E-state index in [9.17, 15) is 4.79 Å². The predicted octanol–water partition coefficient (Wildman–Crippen LogP) is 3.07. The number of carbonyl (C=O) groups excluding carboxylic acids is 1. The molecule has 1 amide bonds. The molecule has 4 rings (SSSR count). The van der Waals surface area contributed by atoms with Crippen LogP contribution in [0.1, 0.15) is 31.2 Å². The Bertz CT molecular complexity index is 710. The molecule has 0 bridgehead atoms. The van der Waals surface area contributed by atoms with E-state index < -0.39 is 0 Å². The van der Waals surface area contributed by atoms with Crippen LogP contribution < -0.4 is 5.32 Å². The van der Waals surface area contributed by atoms with Crippen LogP contribution >= 0.6 is 0 Å². The smallest absolute Gasteiger partial charge is 0.221 e. The molecule has 1 saturated heterocycles. The van der Waals surface area contributed by atoms with Crippen LogP contribution in [-0.4, -0.2) is 35.1 Å². The molecule has 130 valence electrons. The fourth-order valence-corrected chi connectivity index (χ4v) is 3.78. The Hall–Kier alpha value is -2.20. The third-order valence-electron chi connectivity index (χ3n) is 5.31. The zero-order valence-electron chi connectivity index (χ0n) is 14.5. The monoisotopic (exact) mass is 335 g/mol. The Kier molecular flexibility index (Phi) is 4.53. The summed E-state index contributed by atoms with van der Waals surface area (Å²) in [5, 5.41) is 3.27. The predicted molar refractivity (Wildman–Crippen MR) is 100 cm³/mol. The molecule has 0 unspecified atom stereocenters. The van der Waals surface area contributed by atoms with E-state index in [4.69, 9.17) is 0 Å². The van der Waals surface area contributed by atoms with Crippen molar-refractivity contribution < 1.29 is 4.79 Å². The lowest BCUT2D eigenvalue weighted by atomic mass is 9.94. The standard InChI is InChI=1S/C21H25N3O/c25-20(23-21(10-11-21)19-9-5-2-6-12-22-19)13-18-15-24(16-18)14-17-7-3-1-4-8-17/h1-8,12,18H,9-11,13-16H2,(H,23,25). The molecule has 2 aliphatic heterocycles. The lowest BCUT2D eigenvalue weighted by molar-refractivity contribution is -0.123. The summed E-state index contributed by atoms with van der Waals surface area (Å²) in [6.45, 7) is 3.02. The maximum atomic E-state index is 12.5. The summed E-state index contributed by atoms with van der Waals surface area (Å²) < 4.78 is 0. The van der Waals surface area contributed by atoms with Gasteiger partial charge in [0.05, 0.1) is 5.54 Å². The van der Waals surface area contributed by atoms with Gasteiger partial charge >= 0.3 is 0 Å². The van der Waals surface area contributed by atoms with Crippen molar-refractivity contribution in [2.75, 3.05) is 13.1 Å². The van der Waals surface area contributed by atoms with Crippen molar-refractivity contribution in [3.8, 4) is 0 Å². The van der Waals surface area contributed by atoms with Crippen LogP contribution in [0.5, 0.6) is 0 Å². The van der Waals surface area contributed by atoms with Crippen molar-refractivity contribution in [3.63, 3.8) is 0 Å². The van der Waals surface area contributed by atoms with E-state index in [-0.39, 0.29) is 11.4 Å². The molecule has 4 nitrogen and oxygen atoms in total. The third-order valence-corrected chi connectivity index (χ3v) is 5.31. The number of benzene rings is 1. The summed E-state index contributed by atoms with van der Waals surface area (Å²) in [6, 6.07) is 10.5. The number of allylic oxidation sites excluding steroid dienone is 3. The number of nitrogens with one attached hydrogen (secondary N) is 1. The summed E-state index contributed by atoms with van der Waals surface area (Å²) in [4.78, 5) is 19.4. The van der Waals surface area contributed by atoms with Crippen LogP contribution in [0.15, 0.2) is 59.8 Å². The Labute approximate surface area is 149 Å². The van der Waals surface area contributed by atoms with Crippen molar-refractivity contribution in [2.24, 2.45) is 10.9 Å². The van der Waals surface area contributed by atoms with Crippen molar-refractivity contribution >= 4 is 11.6 Å². The maximum Gasteiger partial charge on any atom is 0.221 e. The second-order valence-electron chi connectivity index (χ2n) is 7.43. The molecule has 1 saturated carbocycles. The normalized spacial score (nSPS) is 22.0. The zero-order valence-corrected chi connectivity index (χ0v) is 14.5. The highest BCUT2D eigenvalue weighted by molar-refractivity contribution is 6.00. The van der Waals surface area contributed by atoms with Gasteiger partial charge in [-0.15, -0.1) is 0 Å². The molecular weight excluding hydrogens is 310 g/mol. The lowest BCUT2D eigenvalue weighted by Crippen LogP contribution is -2.50. The lowest BCUT2D eigenvalue weighted by Gasteiger charge is -2.39. The molecule has 0 radical (unpaired) electrons. The number of hydrogen-bond acceptors (Lipinski definition) is 3. The van der Waals surface area contributed by atoms with Gasteiger partial charge in [0.25, 0.3) is 0 Å². The van der Waals surface area contributed by atoms with Crippen molar-refractivity contribution in [1.29, 1.82) is 0 Å². The first-order chi connectivity index (χ1) is 12.2. The number of likely N-dealkylation sites (tertiary alicyclic amines) is 1. The van der Waals surface area contributed by atoms with E-state index in [0.717, 1.165) is 44.6 Å². The molecule has 1 aromatic carbocycles. The number of nitrogens with zero attached hydrogens (tertiary/aromatic N) is 2. The van der Waals surface area contributed by atoms with Crippen LogP contribution in [-0.2, 0) is 11.3 Å². The molecule has 0 atom stereocenters. The first kappa shape index (κ1) is 16.3. The molecule has 3 aliphatic rings. The van der Waals surface area contributed by atoms with E-state index >= 15 is 0 Å². The molecular formula is C21H25N3O. The maximum absolute atomic E-state index is 12.5. The second kappa shape index (κ2) is 6.96. The molecule has 2 heterocycles. The first-order valence-corrected chi connectivity index (χ1v) is 9.20. The molecule has 0 spiro atoms. The summed E-state index contributed by atoms with van der Waals surface area (Å²) in [5.74, 6) is 0.664. The van der Waals surface area contributed by atoms with Gasteiger partial charge in [0.1, 0.15) is 0 Å². The topological polar surface area (TPSA) is 44.7 Å². The molecule has 4 heteroatoms. The van der Waals surface area contributed by atoms with Crippen LogP contribution in [0, 0.1) is 5.92 Å². The number of aliphatic imine (C=N–C) groups is 1. The highest BCUT2D eigenvalue weighted by atomic mass is 16.1. The Morgan fingerprint density at radius 1 is 1.20 bits per heavy atom.